The molecule has 182 valence electrons. The SMILES string of the molecule is Cc1ccc2c(c1)S/C(=C\C1=CC(=C/C3Sc4cc(C)ccc4N3C)/CC(c3ccccc3)C1)N2C. The molecule has 2 atom stereocenters. The first-order valence-electron chi connectivity index (χ1n) is 12.6. The average Bonchev–Trinajstić information content (AvgIpc) is 3.34. The van der Waals surface area contributed by atoms with Crippen LogP contribution in [0.3, 0.4) is 0 Å². The summed E-state index contributed by atoms with van der Waals surface area (Å²) in [7, 11) is 4.42. The predicted molar refractivity (Wildman–Crippen MR) is 157 cm³/mol. The number of benzene rings is 3. The number of likely N-dealkylation sites (N-methyl/N-ethyl adjacent to an activating group) is 1. The van der Waals surface area contributed by atoms with E-state index in [1.54, 1.807) is 0 Å². The zero-order valence-corrected chi connectivity index (χ0v) is 23.0. The molecule has 0 fully saturated rings. The van der Waals surface area contributed by atoms with Crippen molar-refractivity contribution in [3.63, 3.8) is 0 Å². The first kappa shape index (κ1) is 23.6. The number of thioether (sulfide) groups is 2. The third-order valence-electron chi connectivity index (χ3n) is 7.42. The molecular weight excluding hydrogens is 477 g/mol. The lowest BCUT2D eigenvalue weighted by atomic mass is 9.81. The van der Waals surface area contributed by atoms with Crippen LogP contribution in [0, 0.1) is 13.8 Å². The molecule has 0 saturated heterocycles. The Hall–Kier alpha value is -2.82. The molecule has 6 rings (SSSR count). The fourth-order valence-electron chi connectivity index (χ4n) is 5.42. The molecule has 3 aromatic carbocycles. The van der Waals surface area contributed by atoms with Crippen molar-refractivity contribution in [1.29, 1.82) is 0 Å². The molecule has 3 aromatic rings. The summed E-state index contributed by atoms with van der Waals surface area (Å²) < 4.78 is 0. The molecule has 2 unspecified atom stereocenters. The van der Waals surface area contributed by atoms with Crippen LogP contribution in [-0.2, 0) is 0 Å². The topological polar surface area (TPSA) is 6.48 Å². The van der Waals surface area contributed by atoms with E-state index in [0.717, 1.165) is 12.8 Å². The van der Waals surface area contributed by atoms with Crippen LogP contribution in [0.4, 0.5) is 11.4 Å². The summed E-state index contributed by atoms with van der Waals surface area (Å²) in [6.07, 6.45) is 9.53. The van der Waals surface area contributed by atoms with Crippen LogP contribution in [0.5, 0.6) is 0 Å². The minimum atomic E-state index is 0.326. The molecule has 2 nitrogen and oxygen atoms in total. The Kier molecular flexibility index (Phi) is 6.27. The highest BCUT2D eigenvalue weighted by atomic mass is 32.2. The van der Waals surface area contributed by atoms with Gasteiger partial charge in [0.2, 0.25) is 0 Å². The largest absolute Gasteiger partial charge is 0.358 e. The van der Waals surface area contributed by atoms with Crippen LogP contribution in [0.15, 0.2) is 111 Å². The summed E-state index contributed by atoms with van der Waals surface area (Å²) in [6, 6.07) is 24.6. The molecule has 0 spiro atoms. The van der Waals surface area contributed by atoms with Crippen LogP contribution in [-0.4, -0.2) is 19.5 Å². The smallest absolute Gasteiger partial charge is 0.0985 e. The highest BCUT2D eigenvalue weighted by Gasteiger charge is 2.28. The maximum absolute atomic E-state index is 2.50. The molecule has 0 saturated carbocycles. The fraction of sp³-hybridized carbons (Fsp3) is 0.250. The number of allylic oxidation sites excluding steroid dienone is 4. The van der Waals surface area contributed by atoms with Gasteiger partial charge in [-0.25, -0.2) is 0 Å². The number of hydrogen-bond donors (Lipinski definition) is 0. The van der Waals surface area contributed by atoms with E-state index in [0.29, 0.717) is 11.3 Å². The van der Waals surface area contributed by atoms with Crippen LogP contribution >= 0.6 is 23.5 Å². The number of hydrogen-bond acceptors (Lipinski definition) is 4. The van der Waals surface area contributed by atoms with Gasteiger partial charge in [-0.15, -0.1) is 0 Å². The van der Waals surface area contributed by atoms with Gasteiger partial charge in [0.1, 0.15) is 0 Å². The molecule has 1 aliphatic carbocycles. The second kappa shape index (κ2) is 9.57. The second-order valence-corrected chi connectivity index (χ2v) is 12.4. The minimum absolute atomic E-state index is 0.326. The van der Waals surface area contributed by atoms with E-state index in [1.807, 2.05) is 23.5 Å². The quantitative estimate of drug-likeness (QED) is 0.349. The lowest BCUT2D eigenvalue weighted by Gasteiger charge is -2.26. The third-order valence-corrected chi connectivity index (χ3v) is 9.84. The van der Waals surface area contributed by atoms with E-state index >= 15 is 0 Å². The third kappa shape index (κ3) is 4.53. The molecule has 0 N–H and O–H groups in total. The number of anilines is 2. The van der Waals surface area contributed by atoms with Gasteiger partial charge in [0.05, 0.1) is 21.8 Å². The Balaban J connectivity index is 1.33. The standard InChI is InChI=1S/C32H32N2S2/c1-21-10-12-27-29(14-21)35-31(33(27)3)19-23-16-24(18-26(17-23)25-8-6-5-7-9-25)20-32-34(4)28-13-11-22(2)15-30(28)36-32/h5-16,19-20,26,31H,17-18H2,1-4H3/b23-19-,32-20-. The number of aryl methyl sites for hydroxylation is 2. The van der Waals surface area contributed by atoms with Gasteiger partial charge < -0.3 is 9.80 Å². The van der Waals surface area contributed by atoms with Gasteiger partial charge in [-0.05, 0) is 96.9 Å². The van der Waals surface area contributed by atoms with Crippen molar-refractivity contribution in [2.75, 3.05) is 23.9 Å². The molecule has 2 aliphatic heterocycles. The summed E-state index contributed by atoms with van der Waals surface area (Å²) in [4.78, 5) is 7.50. The van der Waals surface area contributed by atoms with Crippen molar-refractivity contribution in [2.24, 2.45) is 0 Å². The van der Waals surface area contributed by atoms with E-state index in [1.165, 1.54) is 54.0 Å². The van der Waals surface area contributed by atoms with Crippen molar-refractivity contribution in [1.82, 2.24) is 0 Å². The molecule has 0 bridgehead atoms. The molecule has 0 aromatic heterocycles. The van der Waals surface area contributed by atoms with Gasteiger partial charge in [-0.1, -0.05) is 72.1 Å². The summed E-state index contributed by atoms with van der Waals surface area (Å²) in [5.41, 5.74) is 9.58. The van der Waals surface area contributed by atoms with Crippen molar-refractivity contribution in [3.8, 4) is 0 Å². The summed E-state index contributed by atoms with van der Waals surface area (Å²) in [5, 5.41) is 1.64. The minimum Gasteiger partial charge on any atom is -0.358 e. The van der Waals surface area contributed by atoms with Crippen molar-refractivity contribution >= 4 is 34.9 Å². The lowest BCUT2D eigenvalue weighted by Crippen LogP contribution is -2.23. The number of rotatable bonds is 3. The predicted octanol–water partition coefficient (Wildman–Crippen LogP) is 8.69. The van der Waals surface area contributed by atoms with Gasteiger partial charge in [-0.3, -0.25) is 0 Å². The Morgan fingerprint density at radius 3 is 2.33 bits per heavy atom. The molecule has 4 heteroatoms. The fourth-order valence-corrected chi connectivity index (χ4v) is 8.01. The number of fused-ring (bicyclic) bond motifs is 2. The van der Waals surface area contributed by atoms with Crippen LogP contribution in [0.1, 0.15) is 35.4 Å². The molecule has 36 heavy (non-hydrogen) atoms. The molecular formula is C32H32N2S2. The Morgan fingerprint density at radius 1 is 0.833 bits per heavy atom. The summed E-state index contributed by atoms with van der Waals surface area (Å²) in [6.45, 7) is 4.35. The highest BCUT2D eigenvalue weighted by Crippen LogP contribution is 2.48. The Morgan fingerprint density at radius 2 is 1.56 bits per heavy atom. The molecule has 0 radical (unpaired) electrons. The van der Waals surface area contributed by atoms with Gasteiger partial charge in [0, 0.05) is 23.9 Å². The van der Waals surface area contributed by atoms with Gasteiger partial charge in [0.15, 0.2) is 0 Å². The second-order valence-electron chi connectivity index (χ2n) is 10.2. The zero-order chi connectivity index (χ0) is 24.8. The van der Waals surface area contributed by atoms with Crippen LogP contribution in [0.2, 0.25) is 0 Å². The van der Waals surface area contributed by atoms with Gasteiger partial charge >= 0.3 is 0 Å². The van der Waals surface area contributed by atoms with E-state index in [-0.39, 0.29) is 0 Å². The summed E-state index contributed by atoms with van der Waals surface area (Å²) >= 11 is 3.86. The van der Waals surface area contributed by atoms with Gasteiger partial charge in [-0.2, -0.15) is 0 Å². The van der Waals surface area contributed by atoms with E-state index in [4.69, 9.17) is 0 Å². The van der Waals surface area contributed by atoms with Crippen molar-refractivity contribution < 1.29 is 0 Å². The maximum atomic E-state index is 2.50. The molecule has 3 aliphatic rings. The lowest BCUT2D eigenvalue weighted by molar-refractivity contribution is 0.662. The van der Waals surface area contributed by atoms with E-state index < -0.39 is 0 Å². The number of nitrogens with zero attached hydrogens (tertiary/aromatic N) is 2. The first-order chi connectivity index (χ1) is 17.4. The van der Waals surface area contributed by atoms with E-state index in [9.17, 15) is 0 Å². The van der Waals surface area contributed by atoms with E-state index in [2.05, 4.69) is 123 Å². The molecule has 2 heterocycles. The normalized spacial score (nSPS) is 23.3. The van der Waals surface area contributed by atoms with Crippen molar-refractivity contribution in [3.05, 3.63) is 118 Å². The zero-order valence-electron chi connectivity index (χ0n) is 21.4. The molecule has 0 amide bonds. The van der Waals surface area contributed by atoms with Crippen LogP contribution < -0.4 is 9.80 Å². The summed E-state index contributed by atoms with van der Waals surface area (Å²) in [5.74, 6) is 0.497. The average molecular weight is 509 g/mol. The van der Waals surface area contributed by atoms with Crippen LogP contribution in [0.25, 0.3) is 0 Å². The Bertz CT molecular complexity index is 1400. The highest BCUT2D eigenvalue weighted by molar-refractivity contribution is 8.03. The van der Waals surface area contributed by atoms with Gasteiger partial charge in [0.25, 0.3) is 0 Å². The monoisotopic (exact) mass is 508 g/mol. The first-order valence-corrected chi connectivity index (χ1v) is 14.3. The Labute approximate surface area is 223 Å². The maximum Gasteiger partial charge on any atom is 0.0985 e. The van der Waals surface area contributed by atoms with Crippen molar-refractivity contribution in [2.45, 2.75) is 47.8 Å².